The fourth-order valence-corrected chi connectivity index (χ4v) is 3.29. The summed E-state index contributed by atoms with van der Waals surface area (Å²) < 4.78 is 0. The second-order valence-corrected chi connectivity index (χ2v) is 7.06. The van der Waals surface area contributed by atoms with Gasteiger partial charge in [0, 0.05) is 55.2 Å². The number of likely N-dealkylation sites (N-methyl/N-ethyl adjacent to an activating group) is 1. The highest BCUT2D eigenvalue weighted by Gasteiger charge is 2.17. The molecule has 0 aliphatic heterocycles. The Hall–Kier alpha value is -3.00. The van der Waals surface area contributed by atoms with Crippen LogP contribution in [-0.4, -0.2) is 42.8 Å². The van der Waals surface area contributed by atoms with Crippen molar-refractivity contribution in [2.24, 2.45) is 0 Å². The van der Waals surface area contributed by atoms with E-state index >= 15 is 0 Å². The minimum atomic E-state index is 0.428. The maximum atomic E-state index is 9.49. The van der Waals surface area contributed by atoms with Crippen LogP contribution in [0.15, 0.2) is 66.8 Å². The van der Waals surface area contributed by atoms with E-state index < -0.39 is 0 Å². The van der Waals surface area contributed by atoms with Gasteiger partial charge in [-0.25, -0.2) is 0 Å². The molecule has 5 heteroatoms. The molecule has 0 aliphatic carbocycles. The minimum Gasteiger partial charge on any atom is -0.375 e. The zero-order valence-electron chi connectivity index (χ0n) is 19.1. The Kier molecular flexibility index (Phi) is 10.5. The summed E-state index contributed by atoms with van der Waals surface area (Å²) in [5.74, 6) is 0. The molecule has 4 nitrogen and oxygen atoms in total. The van der Waals surface area contributed by atoms with Gasteiger partial charge >= 0.3 is 0 Å². The average Bonchev–Trinajstić information content (AvgIpc) is 2.74. The van der Waals surface area contributed by atoms with Gasteiger partial charge in [-0.05, 0) is 38.3 Å². The quantitative estimate of drug-likeness (QED) is 0.399. The summed E-state index contributed by atoms with van der Waals surface area (Å²) in [5.41, 5.74) is 5.21. The SMILES string of the molecule is [B]c1cncc(C#N)c1/C(=C/C)N(C)C(=C)/C(C=C)=C/C=C(\C)N(CCC)CCC. The monoisotopic (exact) mass is 400 g/mol. The van der Waals surface area contributed by atoms with Crippen molar-refractivity contribution >= 4 is 19.0 Å². The number of nitrogens with zero attached hydrogens (tertiary/aromatic N) is 4. The Morgan fingerprint density at radius 3 is 2.37 bits per heavy atom. The van der Waals surface area contributed by atoms with Gasteiger partial charge in [0.05, 0.1) is 5.56 Å². The highest BCUT2D eigenvalue weighted by atomic mass is 15.1. The average molecular weight is 400 g/mol. The largest absolute Gasteiger partial charge is 0.375 e. The molecule has 1 heterocycles. The summed E-state index contributed by atoms with van der Waals surface area (Å²) in [7, 11) is 8.06. The Bertz CT molecular complexity index is 881. The van der Waals surface area contributed by atoms with Crippen molar-refractivity contribution in [1.29, 1.82) is 5.26 Å². The van der Waals surface area contributed by atoms with Gasteiger partial charge in [0.15, 0.2) is 0 Å². The van der Waals surface area contributed by atoms with E-state index in [1.807, 2.05) is 31.0 Å². The standard InChI is InChI=1S/C25H33BN4/c1-8-14-30(15-9-2)19(5)12-13-21(10-3)20(6)29(7)24(11-4)25-22(16-27)17-28-18-23(25)26/h10-13,17-18H,3,6,8-9,14-15H2,1-2,4-5,7H3/b19-12+,21-13+,24-11-. The first-order valence-electron chi connectivity index (χ1n) is 10.3. The maximum Gasteiger partial charge on any atom is 0.116 e. The van der Waals surface area contributed by atoms with Crippen LogP contribution >= 0.6 is 0 Å². The summed E-state index contributed by atoms with van der Waals surface area (Å²) in [5, 5.41) is 9.49. The smallest absolute Gasteiger partial charge is 0.116 e. The fraction of sp³-hybridized carbons (Fsp3) is 0.360. The van der Waals surface area contributed by atoms with Crippen LogP contribution in [0.25, 0.3) is 5.70 Å². The first-order chi connectivity index (χ1) is 14.4. The molecule has 0 aromatic carbocycles. The molecule has 30 heavy (non-hydrogen) atoms. The van der Waals surface area contributed by atoms with Crippen LogP contribution in [0.2, 0.25) is 0 Å². The maximum absolute atomic E-state index is 9.49. The van der Waals surface area contributed by atoms with E-state index in [1.54, 1.807) is 12.3 Å². The number of nitriles is 1. The van der Waals surface area contributed by atoms with E-state index in [-0.39, 0.29) is 0 Å². The Labute approximate surface area is 184 Å². The van der Waals surface area contributed by atoms with E-state index in [9.17, 15) is 5.26 Å². The van der Waals surface area contributed by atoms with E-state index in [0.717, 1.165) is 42.9 Å². The van der Waals surface area contributed by atoms with Crippen molar-refractivity contribution in [1.82, 2.24) is 14.8 Å². The topological polar surface area (TPSA) is 43.2 Å². The third kappa shape index (κ3) is 6.25. The Morgan fingerprint density at radius 1 is 1.23 bits per heavy atom. The number of allylic oxidation sites excluding steroid dienone is 5. The van der Waals surface area contributed by atoms with Crippen molar-refractivity contribution in [3.8, 4) is 6.07 Å². The molecule has 0 N–H and O–H groups in total. The van der Waals surface area contributed by atoms with Crippen LogP contribution < -0.4 is 5.46 Å². The molecule has 0 saturated heterocycles. The lowest BCUT2D eigenvalue weighted by Crippen LogP contribution is -2.23. The normalized spacial score (nSPS) is 12.3. The molecule has 0 spiro atoms. The highest BCUT2D eigenvalue weighted by molar-refractivity contribution is 6.34. The number of hydrogen-bond donors (Lipinski definition) is 0. The van der Waals surface area contributed by atoms with Crippen molar-refractivity contribution in [3.63, 3.8) is 0 Å². The number of pyridine rings is 1. The fourth-order valence-electron chi connectivity index (χ4n) is 3.29. The molecule has 156 valence electrons. The summed E-state index contributed by atoms with van der Waals surface area (Å²) in [4.78, 5) is 8.34. The first-order valence-corrected chi connectivity index (χ1v) is 10.3. The summed E-state index contributed by atoms with van der Waals surface area (Å²) in [6, 6.07) is 2.18. The zero-order valence-corrected chi connectivity index (χ0v) is 19.1. The van der Waals surface area contributed by atoms with E-state index in [4.69, 9.17) is 7.85 Å². The minimum absolute atomic E-state index is 0.428. The molecule has 1 rings (SSSR count). The van der Waals surface area contributed by atoms with Gasteiger partial charge in [-0.2, -0.15) is 5.26 Å². The van der Waals surface area contributed by atoms with Crippen LogP contribution in [-0.2, 0) is 0 Å². The first kappa shape index (κ1) is 25.0. The molecular formula is C25H33BN4. The Morgan fingerprint density at radius 2 is 1.87 bits per heavy atom. The van der Waals surface area contributed by atoms with Crippen molar-refractivity contribution in [2.45, 2.75) is 40.5 Å². The van der Waals surface area contributed by atoms with Gasteiger partial charge in [-0.3, -0.25) is 4.98 Å². The van der Waals surface area contributed by atoms with Crippen LogP contribution in [0.4, 0.5) is 0 Å². The van der Waals surface area contributed by atoms with Gasteiger partial charge in [-0.15, -0.1) is 0 Å². The van der Waals surface area contributed by atoms with E-state index in [2.05, 4.69) is 56.0 Å². The molecule has 0 bridgehead atoms. The molecular weight excluding hydrogens is 367 g/mol. The number of aromatic nitrogens is 1. The Balaban J connectivity index is 3.25. The lowest BCUT2D eigenvalue weighted by molar-refractivity contribution is 0.345. The van der Waals surface area contributed by atoms with Gasteiger partial charge < -0.3 is 9.80 Å². The predicted octanol–water partition coefficient (Wildman–Crippen LogP) is 4.69. The molecule has 0 fully saturated rings. The summed E-state index contributed by atoms with van der Waals surface area (Å²) in [6.07, 6.45) is 13.2. The lowest BCUT2D eigenvalue weighted by atomic mass is 9.88. The van der Waals surface area contributed by atoms with Gasteiger partial charge in [-0.1, -0.05) is 50.7 Å². The lowest BCUT2D eigenvalue weighted by Gasteiger charge is -2.27. The van der Waals surface area contributed by atoms with Crippen molar-refractivity contribution in [2.75, 3.05) is 20.1 Å². The van der Waals surface area contributed by atoms with Crippen LogP contribution in [0, 0.1) is 11.3 Å². The summed E-state index contributed by atoms with van der Waals surface area (Å²) >= 11 is 0. The molecule has 0 aliphatic rings. The van der Waals surface area contributed by atoms with E-state index in [0.29, 0.717) is 16.6 Å². The molecule has 1 aromatic heterocycles. The second-order valence-electron chi connectivity index (χ2n) is 7.06. The molecule has 0 amide bonds. The van der Waals surface area contributed by atoms with Gasteiger partial charge in [0.1, 0.15) is 13.9 Å². The molecule has 0 atom stereocenters. The van der Waals surface area contributed by atoms with Crippen molar-refractivity contribution < 1.29 is 0 Å². The predicted molar refractivity (Wildman–Crippen MR) is 129 cm³/mol. The second kappa shape index (κ2) is 12.5. The van der Waals surface area contributed by atoms with Crippen LogP contribution in [0.1, 0.15) is 51.7 Å². The molecule has 1 aromatic rings. The van der Waals surface area contributed by atoms with Gasteiger partial charge in [0.25, 0.3) is 0 Å². The highest BCUT2D eigenvalue weighted by Crippen LogP contribution is 2.26. The third-order valence-electron chi connectivity index (χ3n) is 4.93. The van der Waals surface area contributed by atoms with Crippen molar-refractivity contribution in [3.05, 3.63) is 77.9 Å². The summed E-state index contributed by atoms with van der Waals surface area (Å²) in [6.45, 7) is 18.7. The third-order valence-corrected chi connectivity index (χ3v) is 4.93. The van der Waals surface area contributed by atoms with Gasteiger partial charge in [0.2, 0.25) is 0 Å². The van der Waals surface area contributed by atoms with Crippen LogP contribution in [0.3, 0.4) is 0 Å². The molecule has 0 saturated carbocycles. The number of hydrogen-bond acceptors (Lipinski definition) is 4. The zero-order chi connectivity index (χ0) is 22.7. The van der Waals surface area contributed by atoms with E-state index in [1.165, 1.54) is 11.9 Å². The molecule has 0 unspecified atom stereocenters. The van der Waals surface area contributed by atoms with Crippen LogP contribution in [0.5, 0.6) is 0 Å². The molecule has 2 radical (unpaired) electrons. The number of rotatable bonds is 11.